The summed E-state index contributed by atoms with van der Waals surface area (Å²) < 4.78 is 7.22. The number of carbonyl (C=O) groups is 1. The molecule has 0 heterocycles. The van der Waals surface area contributed by atoms with Gasteiger partial charge in [-0.3, -0.25) is 4.79 Å². The summed E-state index contributed by atoms with van der Waals surface area (Å²) in [6.07, 6.45) is 1.53. The largest absolute Gasteiger partial charge is 0.489 e. The van der Waals surface area contributed by atoms with Crippen molar-refractivity contribution in [3.05, 3.63) is 96.9 Å². The van der Waals surface area contributed by atoms with Crippen LogP contribution in [-0.2, 0) is 11.4 Å². The fourth-order valence-corrected chi connectivity index (χ4v) is 4.56. The van der Waals surface area contributed by atoms with Crippen LogP contribution >= 0.6 is 43.5 Å². The molecular weight excluding hydrogens is 544 g/mol. The fourth-order valence-electron chi connectivity index (χ4n) is 2.75. The number of anilines is 1. The molecule has 1 amide bonds. The summed E-state index contributed by atoms with van der Waals surface area (Å²) in [7, 11) is 0. The van der Waals surface area contributed by atoms with Crippen LogP contribution in [0.2, 0.25) is 5.02 Å². The molecule has 1 N–H and O–H groups in total. The predicted octanol–water partition coefficient (Wildman–Crippen LogP) is 7.30. The maximum atomic E-state index is 12.6. The van der Waals surface area contributed by atoms with Crippen LogP contribution in [0.1, 0.15) is 16.7 Å². The Balaban J connectivity index is 1.70. The van der Waals surface area contributed by atoms with Crippen molar-refractivity contribution in [3.8, 4) is 11.8 Å². The second kappa shape index (κ2) is 10.6. The van der Waals surface area contributed by atoms with Crippen LogP contribution in [-0.4, -0.2) is 5.91 Å². The number of rotatable bonds is 6. The smallest absolute Gasteiger partial charge is 0.266 e. The van der Waals surface area contributed by atoms with Crippen LogP contribution in [0.15, 0.2) is 75.2 Å². The third-order valence-corrected chi connectivity index (χ3v) is 5.95. The lowest BCUT2D eigenvalue weighted by atomic mass is 10.1. The Kier molecular flexibility index (Phi) is 7.91. The molecule has 0 saturated carbocycles. The van der Waals surface area contributed by atoms with E-state index in [4.69, 9.17) is 16.3 Å². The minimum atomic E-state index is -0.494. The van der Waals surface area contributed by atoms with Crippen molar-refractivity contribution in [1.29, 1.82) is 5.26 Å². The molecule has 0 aromatic heterocycles. The highest BCUT2D eigenvalue weighted by Crippen LogP contribution is 2.32. The highest BCUT2D eigenvalue weighted by molar-refractivity contribution is 9.11. The molecule has 3 rings (SSSR count). The lowest BCUT2D eigenvalue weighted by Crippen LogP contribution is -2.14. The molecule has 4 nitrogen and oxygen atoms in total. The number of amides is 1. The number of hydrogen-bond acceptors (Lipinski definition) is 3. The standard InChI is InChI=1S/C24H17Br2ClN2O2/c1-15-10-20(25)23(21(26)11-15)29-24(30)18(13-28)12-16-6-8-19(9-7-16)31-14-17-4-2-3-5-22(17)27/h2-12H,14H2,1H3,(H,29,30)/b18-12+. The van der Waals surface area contributed by atoms with Crippen LogP contribution in [0.3, 0.4) is 0 Å². The van der Waals surface area contributed by atoms with Gasteiger partial charge in [-0.25, -0.2) is 0 Å². The molecule has 156 valence electrons. The average Bonchev–Trinajstić information content (AvgIpc) is 2.74. The molecular formula is C24H17Br2ClN2O2. The van der Waals surface area contributed by atoms with E-state index in [0.717, 1.165) is 20.1 Å². The zero-order chi connectivity index (χ0) is 22.4. The zero-order valence-corrected chi connectivity index (χ0v) is 20.4. The van der Waals surface area contributed by atoms with Crippen LogP contribution in [0.25, 0.3) is 6.08 Å². The normalized spacial score (nSPS) is 11.0. The second-order valence-electron chi connectivity index (χ2n) is 6.68. The van der Waals surface area contributed by atoms with Gasteiger partial charge in [-0.15, -0.1) is 0 Å². The summed E-state index contributed by atoms with van der Waals surface area (Å²) in [5.41, 5.74) is 3.19. The van der Waals surface area contributed by atoms with E-state index < -0.39 is 5.91 Å². The van der Waals surface area contributed by atoms with E-state index >= 15 is 0 Å². The molecule has 0 aliphatic carbocycles. The first-order valence-electron chi connectivity index (χ1n) is 9.22. The molecule has 3 aromatic rings. The number of nitrogens with zero attached hydrogens (tertiary/aromatic N) is 1. The van der Waals surface area contributed by atoms with Crippen molar-refractivity contribution >= 4 is 61.1 Å². The van der Waals surface area contributed by atoms with Gasteiger partial charge < -0.3 is 10.1 Å². The van der Waals surface area contributed by atoms with Crippen molar-refractivity contribution < 1.29 is 9.53 Å². The fraction of sp³-hybridized carbons (Fsp3) is 0.0833. The van der Waals surface area contributed by atoms with E-state index in [-0.39, 0.29) is 5.57 Å². The number of carbonyl (C=O) groups excluding carboxylic acids is 1. The first-order chi connectivity index (χ1) is 14.9. The minimum absolute atomic E-state index is 0.0101. The Morgan fingerprint density at radius 1 is 1.13 bits per heavy atom. The number of halogens is 3. The summed E-state index contributed by atoms with van der Waals surface area (Å²) in [4.78, 5) is 12.6. The summed E-state index contributed by atoms with van der Waals surface area (Å²) in [6.45, 7) is 2.30. The molecule has 7 heteroatoms. The van der Waals surface area contributed by atoms with Crippen LogP contribution in [0, 0.1) is 18.3 Å². The highest BCUT2D eigenvalue weighted by atomic mass is 79.9. The van der Waals surface area contributed by atoms with E-state index in [0.29, 0.717) is 28.6 Å². The first kappa shape index (κ1) is 23.1. The molecule has 0 spiro atoms. The number of benzene rings is 3. The van der Waals surface area contributed by atoms with Gasteiger partial charge in [0, 0.05) is 19.5 Å². The molecule has 0 unspecified atom stereocenters. The van der Waals surface area contributed by atoms with Crippen molar-refractivity contribution in [2.75, 3.05) is 5.32 Å². The predicted molar refractivity (Wildman–Crippen MR) is 131 cm³/mol. The number of aryl methyl sites for hydroxylation is 1. The van der Waals surface area contributed by atoms with Gasteiger partial charge >= 0.3 is 0 Å². The van der Waals surface area contributed by atoms with E-state index in [9.17, 15) is 10.1 Å². The molecule has 0 fully saturated rings. The number of hydrogen-bond donors (Lipinski definition) is 1. The average molecular weight is 561 g/mol. The quantitative estimate of drug-likeness (QED) is 0.254. The summed E-state index contributed by atoms with van der Waals surface area (Å²) in [6, 6.07) is 20.3. The molecule has 0 aliphatic rings. The van der Waals surface area contributed by atoms with Crippen LogP contribution in [0.5, 0.6) is 5.75 Å². The van der Waals surface area contributed by atoms with Gasteiger partial charge in [0.2, 0.25) is 0 Å². The van der Waals surface area contributed by atoms with E-state index in [1.165, 1.54) is 6.08 Å². The molecule has 0 bridgehead atoms. The lowest BCUT2D eigenvalue weighted by molar-refractivity contribution is -0.112. The number of ether oxygens (including phenoxy) is 1. The molecule has 0 aliphatic heterocycles. The van der Waals surface area contributed by atoms with E-state index in [1.807, 2.05) is 49.4 Å². The topological polar surface area (TPSA) is 62.1 Å². The van der Waals surface area contributed by atoms with Crippen molar-refractivity contribution in [3.63, 3.8) is 0 Å². The Hall–Kier alpha value is -2.59. The van der Waals surface area contributed by atoms with E-state index in [2.05, 4.69) is 37.2 Å². The van der Waals surface area contributed by atoms with Gasteiger partial charge in [0.25, 0.3) is 5.91 Å². The maximum absolute atomic E-state index is 12.6. The third-order valence-electron chi connectivity index (χ3n) is 4.33. The maximum Gasteiger partial charge on any atom is 0.266 e. The van der Waals surface area contributed by atoms with E-state index in [1.54, 1.807) is 24.3 Å². The van der Waals surface area contributed by atoms with Crippen LogP contribution < -0.4 is 10.1 Å². The third kappa shape index (κ3) is 6.20. The summed E-state index contributed by atoms with van der Waals surface area (Å²) in [5.74, 6) is 0.166. The molecule has 3 aromatic carbocycles. The molecule has 0 radical (unpaired) electrons. The number of nitriles is 1. The first-order valence-corrected chi connectivity index (χ1v) is 11.2. The van der Waals surface area contributed by atoms with Gasteiger partial charge in [-0.1, -0.05) is 41.9 Å². The summed E-state index contributed by atoms with van der Waals surface area (Å²) in [5, 5.41) is 12.9. The SMILES string of the molecule is Cc1cc(Br)c(NC(=O)/C(C#N)=C/c2ccc(OCc3ccccc3Cl)cc2)c(Br)c1. The summed E-state index contributed by atoms with van der Waals surface area (Å²) >= 11 is 13.0. The Bertz CT molecular complexity index is 1160. The zero-order valence-electron chi connectivity index (χ0n) is 16.5. The van der Waals surface area contributed by atoms with Gasteiger partial charge in [0.05, 0.1) is 5.69 Å². The van der Waals surface area contributed by atoms with Gasteiger partial charge in [-0.05, 0) is 86.3 Å². The molecule has 0 saturated heterocycles. The highest BCUT2D eigenvalue weighted by Gasteiger charge is 2.14. The Morgan fingerprint density at radius 2 is 1.77 bits per heavy atom. The van der Waals surface area contributed by atoms with Crippen molar-refractivity contribution in [2.45, 2.75) is 13.5 Å². The van der Waals surface area contributed by atoms with Crippen molar-refractivity contribution in [2.24, 2.45) is 0 Å². The Morgan fingerprint density at radius 3 is 2.39 bits per heavy atom. The molecule has 0 atom stereocenters. The molecule has 31 heavy (non-hydrogen) atoms. The van der Waals surface area contributed by atoms with Crippen molar-refractivity contribution in [1.82, 2.24) is 0 Å². The minimum Gasteiger partial charge on any atom is -0.489 e. The van der Waals surface area contributed by atoms with Gasteiger partial charge in [0.15, 0.2) is 0 Å². The number of nitrogens with one attached hydrogen (secondary N) is 1. The second-order valence-corrected chi connectivity index (χ2v) is 8.79. The van der Waals surface area contributed by atoms with Crippen LogP contribution in [0.4, 0.5) is 5.69 Å². The van der Waals surface area contributed by atoms with Gasteiger partial charge in [0.1, 0.15) is 24.0 Å². The monoisotopic (exact) mass is 558 g/mol. The Labute approximate surface area is 202 Å². The van der Waals surface area contributed by atoms with Gasteiger partial charge in [-0.2, -0.15) is 5.26 Å². The lowest BCUT2D eigenvalue weighted by Gasteiger charge is -2.10.